The second kappa shape index (κ2) is 14.1. The zero-order chi connectivity index (χ0) is 31.4. The maximum absolute atomic E-state index is 12.3. The summed E-state index contributed by atoms with van der Waals surface area (Å²) in [6, 6.07) is 11.2. The molecule has 0 radical (unpaired) electrons. The Labute approximate surface area is 247 Å². The Morgan fingerprint density at radius 3 is 1.77 bits per heavy atom. The van der Waals surface area contributed by atoms with E-state index < -0.39 is 74.3 Å². The van der Waals surface area contributed by atoms with Gasteiger partial charge in [0.15, 0.2) is 0 Å². The molecule has 0 aromatic heterocycles. The Balaban J connectivity index is 1.53. The van der Waals surface area contributed by atoms with E-state index in [0.29, 0.717) is 11.1 Å². The van der Waals surface area contributed by atoms with Gasteiger partial charge in [0.05, 0.1) is 25.4 Å². The highest BCUT2D eigenvalue weighted by molar-refractivity contribution is 6.01. The van der Waals surface area contributed by atoms with Crippen molar-refractivity contribution in [3.05, 3.63) is 53.6 Å². The van der Waals surface area contributed by atoms with Gasteiger partial charge in [0.25, 0.3) is 11.8 Å². The molecule has 0 bridgehead atoms. The topological polar surface area (TPSA) is 227 Å². The van der Waals surface area contributed by atoms with E-state index >= 15 is 0 Å². The Hall–Kier alpha value is -3.18. The van der Waals surface area contributed by atoms with Crippen molar-refractivity contribution in [3.63, 3.8) is 0 Å². The third-order valence-electron chi connectivity index (χ3n) is 7.87. The molecule has 2 saturated heterocycles. The molecular formula is C29H38N2O12. The van der Waals surface area contributed by atoms with Crippen molar-refractivity contribution >= 4 is 11.8 Å². The zero-order valence-electron chi connectivity index (χ0n) is 23.6. The van der Waals surface area contributed by atoms with Crippen molar-refractivity contribution in [1.29, 1.82) is 0 Å². The monoisotopic (exact) mass is 606 g/mol. The third-order valence-corrected chi connectivity index (χ3v) is 7.87. The minimum absolute atomic E-state index is 0.224. The molecule has 2 fully saturated rings. The Morgan fingerprint density at radius 2 is 1.23 bits per heavy atom. The van der Waals surface area contributed by atoms with E-state index in [1.54, 1.807) is 36.4 Å². The third kappa shape index (κ3) is 6.98. The van der Waals surface area contributed by atoms with Crippen LogP contribution in [0.1, 0.15) is 27.1 Å². The summed E-state index contributed by atoms with van der Waals surface area (Å²) in [5, 5.41) is 76.9. The van der Waals surface area contributed by atoms with Crippen molar-refractivity contribution < 1.29 is 59.5 Å². The summed E-state index contributed by atoms with van der Waals surface area (Å²) < 4.78 is 17.0. The summed E-state index contributed by atoms with van der Waals surface area (Å²) in [7, 11) is 2.97. The average molecular weight is 607 g/mol. The number of hydrogen-bond donors (Lipinski definition) is 9. The maximum Gasteiger partial charge on any atom is 0.251 e. The average Bonchev–Trinajstić information content (AvgIpc) is 3.03. The first-order valence-electron chi connectivity index (χ1n) is 13.8. The highest BCUT2D eigenvalue weighted by atomic mass is 16.7. The Kier molecular flexibility index (Phi) is 10.7. The molecule has 0 unspecified atom stereocenters. The normalized spacial score (nSPS) is 32.6. The molecule has 10 atom stereocenters. The lowest BCUT2D eigenvalue weighted by molar-refractivity contribution is -0.278. The molecule has 2 aromatic rings. The molecule has 14 heteroatoms. The molecule has 2 amide bonds. The number of rotatable bonds is 9. The second-order valence-corrected chi connectivity index (χ2v) is 10.6. The second-order valence-electron chi connectivity index (χ2n) is 10.6. The van der Waals surface area contributed by atoms with E-state index in [4.69, 9.17) is 14.2 Å². The van der Waals surface area contributed by atoms with Crippen molar-refractivity contribution in [1.82, 2.24) is 10.6 Å². The molecule has 2 aliphatic heterocycles. The van der Waals surface area contributed by atoms with Gasteiger partial charge in [-0.1, -0.05) is 12.1 Å². The molecule has 14 nitrogen and oxygen atoms in total. The van der Waals surface area contributed by atoms with E-state index in [9.17, 15) is 45.3 Å². The fourth-order valence-corrected chi connectivity index (χ4v) is 5.39. The van der Waals surface area contributed by atoms with Crippen LogP contribution in [0.3, 0.4) is 0 Å². The summed E-state index contributed by atoms with van der Waals surface area (Å²) in [4.78, 5) is 24.6. The van der Waals surface area contributed by atoms with Crippen molar-refractivity contribution in [2.75, 3.05) is 27.3 Å². The van der Waals surface area contributed by atoms with Gasteiger partial charge in [-0.05, 0) is 47.9 Å². The molecule has 236 valence electrons. The quantitative estimate of drug-likeness (QED) is 0.147. The first-order chi connectivity index (χ1) is 20.5. The SMILES string of the molecule is CNC(=O)c1cc(C(=O)NC)cc(-c2ccc(O[C@H]3O[C@H](CO)[C@@H](O)[C@H](C[C@H]4O[C@H](CO)[C@@H](O)[C@H](O)[C@@H]4O)[C@@H]3O)cc2)c1. The largest absolute Gasteiger partial charge is 0.462 e. The van der Waals surface area contributed by atoms with Crippen LogP contribution in [0.5, 0.6) is 5.75 Å². The van der Waals surface area contributed by atoms with Crippen LogP contribution in [0.4, 0.5) is 0 Å². The molecule has 0 saturated carbocycles. The van der Waals surface area contributed by atoms with Gasteiger partial charge in [0, 0.05) is 31.1 Å². The van der Waals surface area contributed by atoms with E-state index in [-0.39, 0.29) is 35.1 Å². The number of nitrogens with one attached hydrogen (secondary N) is 2. The highest BCUT2D eigenvalue weighted by Crippen LogP contribution is 2.35. The lowest BCUT2D eigenvalue weighted by Gasteiger charge is -2.46. The van der Waals surface area contributed by atoms with Crippen LogP contribution in [-0.4, -0.2) is 130 Å². The summed E-state index contributed by atoms with van der Waals surface area (Å²) in [6.45, 7) is -1.25. The molecule has 43 heavy (non-hydrogen) atoms. The van der Waals surface area contributed by atoms with Crippen LogP contribution in [0.15, 0.2) is 42.5 Å². The maximum atomic E-state index is 12.3. The van der Waals surface area contributed by atoms with Gasteiger partial charge in [-0.15, -0.1) is 0 Å². The molecule has 2 heterocycles. The number of ether oxygens (including phenoxy) is 3. The van der Waals surface area contributed by atoms with E-state index in [2.05, 4.69) is 10.6 Å². The van der Waals surface area contributed by atoms with Crippen LogP contribution in [0.25, 0.3) is 11.1 Å². The minimum atomic E-state index is -1.63. The number of carbonyl (C=O) groups excluding carboxylic acids is 2. The Bertz CT molecular complexity index is 1220. The fourth-order valence-electron chi connectivity index (χ4n) is 5.39. The summed E-state index contributed by atoms with van der Waals surface area (Å²) in [6.07, 6.45) is -12.8. The summed E-state index contributed by atoms with van der Waals surface area (Å²) in [5.41, 5.74) is 1.81. The van der Waals surface area contributed by atoms with Crippen molar-refractivity contribution in [2.24, 2.45) is 5.92 Å². The fraction of sp³-hybridized carbons (Fsp3) is 0.517. The predicted molar refractivity (Wildman–Crippen MR) is 149 cm³/mol. The Morgan fingerprint density at radius 1 is 0.698 bits per heavy atom. The van der Waals surface area contributed by atoms with Gasteiger partial charge in [-0.3, -0.25) is 9.59 Å². The van der Waals surface area contributed by atoms with Crippen LogP contribution < -0.4 is 15.4 Å². The molecule has 9 N–H and O–H groups in total. The molecular weight excluding hydrogens is 568 g/mol. The van der Waals surface area contributed by atoms with Crippen LogP contribution in [-0.2, 0) is 9.47 Å². The molecule has 0 aliphatic carbocycles. The van der Waals surface area contributed by atoms with E-state index in [0.717, 1.165) is 0 Å². The highest BCUT2D eigenvalue weighted by Gasteiger charge is 2.50. The summed E-state index contributed by atoms with van der Waals surface area (Å²) >= 11 is 0. The van der Waals surface area contributed by atoms with E-state index in [1.807, 2.05) is 0 Å². The lowest BCUT2D eigenvalue weighted by atomic mass is 9.81. The van der Waals surface area contributed by atoms with Crippen LogP contribution in [0.2, 0.25) is 0 Å². The number of hydrogen-bond acceptors (Lipinski definition) is 12. The van der Waals surface area contributed by atoms with Gasteiger partial charge in [0.2, 0.25) is 6.29 Å². The van der Waals surface area contributed by atoms with Crippen LogP contribution in [0, 0.1) is 5.92 Å². The smallest absolute Gasteiger partial charge is 0.251 e. The number of amides is 2. The van der Waals surface area contributed by atoms with Gasteiger partial charge in [-0.2, -0.15) is 0 Å². The van der Waals surface area contributed by atoms with Crippen molar-refractivity contribution in [3.8, 4) is 16.9 Å². The van der Waals surface area contributed by atoms with Gasteiger partial charge < -0.3 is 60.6 Å². The first kappa shape index (κ1) is 32.7. The van der Waals surface area contributed by atoms with Crippen molar-refractivity contribution in [2.45, 2.75) is 61.5 Å². The number of aliphatic hydroxyl groups excluding tert-OH is 7. The van der Waals surface area contributed by atoms with Crippen LogP contribution >= 0.6 is 0 Å². The number of benzene rings is 2. The molecule has 2 aliphatic rings. The molecule has 4 rings (SSSR count). The molecule has 0 spiro atoms. The first-order valence-corrected chi connectivity index (χ1v) is 13.8. The van der Waals surface area contributed by atoms with Gasteiger partial charge >= 0.3 is 0 Å². The van der Waals surface area contributed by atoms with E-state index in [1.165, 1.54) is 20.2 Å². The standard InChI is InChI=1S/C29H38N2O12/c1-30-27(39)15-7-14(8-16(9-15)28(40)31-2)13-3-5-17(6-4-13)41-29-23(35)18(22(34)20(11-32)43-29)10-19-24(36)26(38)25(37)21(12-33)42-19/h3-9,18-26,29,32-38H,10-12H2,1-2H3,(H,30,39)(H,31,40)/t18-,19+,20+,21+,22-,23-,24+,25+,26+,29-/m0/s1. The minimum Gasteiger partial charge on any atom is -0.462 e. The zero-order valence-corrected chi connectivity index (χ0v) is 23.6. The lowest BCUT2D eigenvalue weighted by Crippen LogP contribution is -2.62. The predicted octanol–water partition coefficient (Wildman–Crippen LogP) is -2.26. The van der Waals surface area contributed by atoms with Gasteiger partial charge in [0.1, 0.15) is 42.4 Å². The van der Waals surface area contributed by atoms with Gasteiger partial charge in [-0.25, -0.2) is 0 Å². The number of aliphatic hydroxyl groups is 7. The summed E-state index contributed by atoms with van der Waals surface area (Å²) in [5.74, 6) is -1.54. The number of carbonyl (C=O) groups is 2. The molecule has 2 aromatic carbocycles.